The van der Waals surface area contributed by atoms with Crippen LogP contribution in [0.4, 0.5) is 5.82 Å². The van der Waals surface area contributed by atoms with Crippen LogP contribution in [0.2, 0.25) is 0 Å². The summed E-state index contributed by atoms with van der Waals surface area (Å²) in [4.78, 5) is 17.4. The lowest BCUT2D eigenvalue weighted by Crippen LogP contribution is -2.38. The minimum Gasteiger partial charge on any atom is -0.352 e. The van der Waals surface area contributed by atoms with Crippen molar-refractivity contribution in [2.24, 2.45) is 0 Å². The molecule has 5 nitrogen and oxygen atoms in total. The van der Waals surface area contributed by atoms with Crippen LogP contribution in [0.1, 0.15) is 19.5 Å². The molecule has 1 rings (SSSR count). The predicted octanol–water partition coefficient (Wildman–Crippen LogP) is 0.914. The van der Waals surface area contributed by atoms with E-state index in [0.29, 0.717) is 11.5 Å². The van der Waals surface area contributed by atoms with Crippen LogP contribution >= 0.6 is 0 Å². The predicted molar refractivity (Wildman–Crippen MR) is 65.5 cm³/mol. The van der Waals surface area contributed by atoms with E-state index in [2.05, 4.69) is 10.3 Å². The number of anilines is 1. The standard InChI is InChI=1S/C12H16N4O/c1-9(2)14-12(17)8-16(3)11-6-4-5-10(7-13)15-11/h4-6,9H,8H2,1-3H3,(H,14,17). The number of aromatic nitrogens is 1. The van der Waals surface area contributed by atoms with Crippen LogP contribution in [0.15, 0.2) is 18.2 Å². The maximum absolute atomic E-state index is 11.5. The minimum atomic E-state index is -0.0633. The van der Waals surface area contributed by atoms with Gasteiger partial charge in [0.1, 0.15) is 17.6 Å². The summed E-state index contributed by atoms with van der Waals surface area (Å²) in [6.45, 7) is 4.04. The van der Waals surface area contributed by atoms with Crippen molar-refractivity contribution in [2.45, 2.75) is 19.9 Å². The van der Waals surface area contributed by atoms with Gasteiger partial charge in [0.15, 0.2) is 0 Å². The number of amides is 1. The van der Waals surface area contributed by atoms with Gasteiger partial charge in [0.05, 0.1) is 6.54 Å². The highest BCUT2D eigenvalue weighted by molar-refractivity contribution is 5.81. The average molecular weight is 232 g/mol. The van der Waals surface area contributed by atoms with Gasteiger partial charge >= 0.3 is 0 Å². The van der Waals surface area contributed by atoms with Crippen molar-refractivity contribution in [1.82, 2.24) is 10.3 Å². The summed E-state index contributed by atoms with van der Waals surface area (Å²) in [6, 6.07) is 7.23. The van der Waals surface area contributed by atoms with Gasteiger partial charge in [-0.2, -0.15) is 5.26 Å². The quantitative estimate of drug-likeness (QED) is 0.838. The zero-order chi connectivity index (χ0) is 12.8. The Morgan fingerprint density at radius 1 is 1.59 bits per heavy atom. The topological polar surface area (TPSA) is 69.0 Å². The van der Waals surface area contributed by atoms with Crippen LogP contribution in [-0.2, 0) is 4.79 Å². The summed E-state index contributed by atoms with van der Waals surface area (Å²) in [5.74, 6) is 0.551. The third kappa shape index (κ3) is 4.11. The lowest BCUT2D eigenvalue weighted by Gasteiger charge is -2.18. The smallest absolute Gasteiger partial charge is 0.239 e. The van der Waals surface area contributed by atoms with Crippen molar-refractivity contribution >= 4 is 11.7 Å². The van der Waals surface area contributed by atoms with Crippen molar-refractivity contribution < 1.29 is 4.79 Å². The first kappa shape index (κ1) is 13.0. The number of pyridine rings is 1. The van der Waals surface area contributed by atoms with Crippen molar-refractivity contribution in [2.75, 3.05) is 18.5 Å². The summed E-state index contributed by atoms with van der Waals surface area (Å²) < 4.78 is 0. The Morgan fingerprint density at radius 2 is 2.29 bits per heavy atom. The van der Waals surface area contributed by atoms with Crippen LogP contribution < -0.4 is 10.2 Å². The fourth-order valence-corrected chi connectivity index (χ4v) is 1.36. The fraction of sp³-hybridized carbons (Fsp3) is 0.417. The highest BCUT2D eigenvalue weighted by Crippen LogP contribution is 2.08. The monoisotopic (exact) mass is 232 g/mol. The number of hydrogen-bond donors (Lipinski definition) is 1. The first-order valence-electron chi connectivity index (χ1n) is 5.40. The average Bonchev–Trinajstić information content (AvgIpc) is 2.27. The lowest BCUT2D eigenvalue weighted by molar-refractivity contribution is -0.120. The van der Waals surface area contributed by atoms with E-state index in [1.165, 1.54) is 0 Å². The zero-order valence-electron chi connectivity index (χ0n) is 10.3. The van der Waals surface area contributed by atoms with E-state index in [1.54, 1.807) is 30.1 Å². The SMILES string of the molecule is CC(C)NC(=O)CN(C)c1cccc(C#N)n1. The van der Waals surface area contributed by atoms with E-state index in [1.807, 2.05) is 19.9 Å². The molecule has 0 aliphatic heterocycles. The number of carbonyl (C=O) groups is 1. The summed E-state index contributed by atoms with van der Waals surface area (Å²) in [5, 5.41) is 11.5. The Morgan fingerprint density at radius 3 is 2.88 bits per heavy atom. The molecule has 0 saturated carbocycles. The van der Waals surface area contributed by atoms with Gasteiger partial charge in [0.25, 0.3) is 0 Å². The second-order valence-corrected chi connectivity index (χ2v) is 4.07. The maximum Gasteiger partial charge on any atom is 0.239 e. The molecule has 1 aromatic rings. The molecule has 1 heterocycles. The molecule has 5 heteroatoms. The summed E-state index contributed by atoms with van der Waals surface area (Å²) >= 11 is 0. The molecule has 0 aliphatic carbocycles. The number of hydrogen-bond acceptors (Lipinski definition) is 4. The van der Waals surface area contributed by atoms with E-state index in [-0.39, 0.29) is 18.5 Å². The number of nitrogens with one attached hydrogen (secondary N) is 1. The maximum atomic E-state index is 11.5. The van der Waals surface area contributed by atoms with Crippen LogP contribution in [0, 0.1) is 11.3 Å². The number of nitriles is 1. The summed E-state index contributed by atoms with van der Waals surface area (Å²) in [5.41, 5.74) is 0.346. The Hall–Kier alpha value is -2.09. The van der Waals surface area contributed by atoms with Gasteiger partial charge in [-0.1, -0.05) is 6.07 Å². The third-order valence-electron chi connectivity index (χ3n) is 2.07. The van der Waals surface area contributed by atoms with Gasteiger partial charge in [0.2, 0.25) is 5.91 Å². The highest BCUT2D eigenvalue weighted by Gasteiger charge is 2.09. The van der Waals surface area contributed by atoms with Gasteiger partial charge in [0, 0.05) is 13.1 Å². The Kier molecular flexibility index (Phi) is 4.46. The van der Waals surface area contributed by atoms with E-state index < -0.39 is 0 Å². The summed E-state index contributed by atoms with van der Waals surface area (Å²) in [6.07, 6.45) is 0. The van der Waals surface area contributed by atoms with E-state index >= 15 is 0 Å². The first-order valence-corrected chi connectivity index (χ1v) is 5.40. The second-order valence-electron chi connectivity index (χ2n) is 4.07. The molecule has 1 N–H and O–H groups in total. The van der Waals surface area contributed by atoms with Gasteiger partial charge in [-0.15, -0.1) is 0 Å². The van der Waals surface area contributed by atoms with Crippen molar-refractivity contribution in [3.05, 3.63) is 23.9 Å². The third-order valence-corrected chi connectivity index (χ3v) is 2.07. The van der Waals surface area contributed by atoms with Gasteiger partial charge in [-0.3, -0.25) is 4.79 Å². The lowest BCUT2D eigenvalue weighted by atomic mass is 10.3. The molecule has 90 valence electrons. The molecule has 0 atom stereocenters. The van der Waals surface area contributed by atoms with Crippen LogP contribution in [0.5, 0.6) is 0 Å². The number of carbonyl (C=O) groups excluding carboxylic acids is 1. The molecule has 0 unspecified atom stereocenters. The number of rotatable bonds is 4. The van der Waals surface area contributed by atoms with Crippen LogP contribution in [-0.4, -0.2) is 30.5 Å². The highest BCUT2D eigenvalue weighted by atomic mass is 16.2. The van der Waals surface area contributed by atoms with Gasteiger partial charge < -0.3 is 10.2 Å². The molecular weight excluding hydrogens is 216 g/mol. The molecule has 1 amide bonds. The molecule has 0 radical (unpaired) electrons. The molecule has 17 heavy (non-hydrogen) atoms. The minimum absolute atomic E-state index is 0.0633. The normalized spacial score (nSPS) is 9.82. The molecular formula is C12H16N4O. The van der Waals surface area contributed by atoms with Gasteiger partial charge in [-0.05, 0) is 26.0 Å². The molecule has 0 spiro atoms. The van der Waals surface area contributed by atoms with E-state index in [9.17, 15) is 4.79 Å². The first-order chi connectivity index (χ1) is 8.02. The van der Waals surface area contributed by atoms with Crippen molar-refractivity contribution in [3.8, 4) is 6.07 Å². The largest absolute Gasteiger partial charge is 0.352 e. The molecule has 0 saturated heterocycles. The Bertz CT molecular complexity index is 436. The number of nitrogens with zero attached hydrogens (tertiary/aromatic N) is 3. The molecule has 0 aromatic carbocycles. The van der Waals surface area contributed by atoms with Gasteiger partial charge in [-0.25, -0.2) is 4.98 Å². The summed E-state index contributed by atoms with van der Waals surface area (Å²) in [7, 11) is 1.77. The Labute approximate surface area is 101 Å². The molecule has 0 bridgehead atoms. The zero-order valence-corrected chi connectivity index (χ0v) is 10.3. The molecule has 1 aromatic heterocycles. The Balaban J connectivity index is 2.66. The molecule has 0 fully saturated rings. The van der Waals surface area contributed by atoms with Crippen molar-refractivity contribution in [1.29, 1.82) is 5.26 Å². The van der Waals surface area contributed by atoms with Crippen LogP contribution in [0.3, 0.4) is 0 Å². The number of likely N-dealkylation sites (N-methyl/N-ethyl adjacent to an activating group) is 1. The second kappa shape index (κ2) is 5.85. The van der Waals surface area contributed by atoms with E-state index in [0.717, 1.165) is 0 Å². The fourth-order valence-electron chi connectivity index (χ4n) is 1.36. The van der Waals surface area contributed by atoms with E-state index in [4.69, 9.17) is 5.26 Å². The van der Waals surface area contributed by atoms with Crippen molar-refractivity contribution in [3.63, 3.8) is 0 Å². The van der Waals surface area contributed by atoms with Crippen LogP contribution in [0.25, 0.3) is 0 Å². The molecule has 0 aliphatic rings.